The Bertz CT molecular complexity index is 292. The van der Waals surface area contributed by atoms with E-state index in [1.807, 2.05) is 18.2 Å². The Balaban J connectivity index is 0.000000720. The van der Waals surface area contributed by atoms with Gasteiger partial charge in [-0.2, -0.15) is 0 Å². The molecule has 1 aliphatic heterocycles. The summed E-state index contributed by atoms with van der Waals surface area (Å²) in [5.74, 6) is 0.903. The lowest BCUT2D eigenvalue weighted by molar-refractivity contribution is 0.331. The van der Waals surface area contributed by atoms with E-state index in [4.69, 9.17) is 10.5 Å². The van der Waals surface area contributed by atoms with E-state index < -0.39 is 0 Å². The Hall–Kier alpha value is -0.250. The minimum Gasteiger partial charge on any atom is -0.490 e. The number of ether oxygens (including phenoxy) is 1. The van der Waals surface area contributed by atoms with Gasteiger partial charge in [0.05, 0.1) is 10.5 Å². The Morgan fingerprint density at radius 2 is 2.25 bits per heavy atom. The third-order valence-electron chi connectivity index (χ3n) is 1.80. The average molecular weight is 251 g/mol. The number of para-hydroxylation sites is 1. The van der Waals surface area contributed by atoms with Crippen LogP contribution in [0.5, 0.6) is 5.75 Å². The Kier molecular flexibility index (Phi) is 2.99. The predicted octanol–water partition coefficient (Wildman–Crippen LogP) is 2.26. The fourth-order valence-corrected chi connectivity index (χ4v) is 1.73. The van der Waals surface area contributed by atoms with E-state index in [0.29, 0.717) is 6.61 Å². The van der Waals surface area contributed by atoms with E-state index in [9.17, 15) is 0 Å². The molecule has 1 aliphatic rings. The quantitative estimate of drug-likeness (QED) is 0.767. The molecule has 4 heteroatoms. The van der Waals surface area contributed by atoms with Crippen LogP contribution in [0.2, 0.25) is 0 Å². The van der Waals surface area contributed by atoms with Crippen LogP contribution in [0.4, 0.5) is 0 Å². The van der Waals surface area contributed by atoms with E-state index >= 15 is 0 Å². The van der Waals surface area contributed by atoms with E-state index in [0.717, 1.165) is 15.8 Å². The number of hydrogen-bond donors (Lipinski definition) is 1. The van der Waals surface area contributed by atoms with Crippen LogP contribution in [0.3, 0.4) is 0 Å². The molecule has 66 valence electrons. The molecule has 1 unspecified atom stereocenters. The van der Waals surface area contributed by atoms with Crippen LogP contribution < -0.4 is 10.5 Å². The van der Waals surface area contributed by atoms with Crippen LogP contribution in [0, 0.1) is 0 Å². The molecular formula is C8H9BrClNO. The fraction of sp³-hybridized carbons (Fsp3) is 0.250. The molecule has 0 fully saturated rings. The molecule has 0 radical (unpaired) electrons. The first-order valence-corrected chi connectivity index (χ1v) is 4.25. The van der Waals surface area contributed by atoms with Crippen LogP contribution >= 0.6 is 28.3 Å². The molecule has 0 aliphatic carbocycles. The molecule has 1 aromatic rings. The van der Waals surface area contributed by atoms with E-state index in [-0.39, 0.29) is 18.4 Å². The SMILES string of the molecule is Cl.NC1COc2c(Br)cccc21. The van der Waals surface area contributed by atoms with E-state index in [2.05, 4.69) is 15.9 Å². The second-order valence-electron chi connectivity index (χ2n) is 2.58. The van der Waals surface area contributed by atoms with Gasteiger partial charge in [-0.1, -0.05) is 12.1 Å². The topological polar surface area (TPSA) is 35.2 Å². The second-order valence-corrected chi connectivity index (χ2v) is 3.43. The average Bonchev–Trinajstić information content (AvgIpc) is 2.35. The van der Waals surface area contributed by atoms with Crippen LogP contribution in [0.15, 0.2) is 22.7 Å². The standard InChI is InChI=1S/C8H8BrNO.ClH/c9-6-3-1-2-5-7(10)4-11-8(5)6;/h1-3,7H,4,10H2;1H. The molecule has 0 saturated heterocycles. The number of halogens is 2. The third kappa shape index (κ3) is 1.44. The van der Waals surface area contributed by atoms with Crippen molar-refractivity contribution in [2.75, 3.05) is 6.61 Å². The summed E-state index contributed by atoms with van der Waals surface area (Å²) in [6.45, 7) is 0.595. The van der Waals surface area contributed by atoms with E-state index in [1.165, 1.54) is 0 Å². The van der Waals surface area contributed by atoms with Crippen LogP contribution in [0.1, 0.15) is 11.6 Å². The number of hydrogen-bond acceptors (Lipinski definition) is 2. The molecule has 2 nitrogen and oxygen atoms in total. The lowest BCUT2D eigenvalue weighted by atomic mass is 10.1. The van der Waals surface area contributed by atoms with Gasteiger partial charge in [0.25, 0.3) is 0 Å². The summed E-state index contributed by atoms with van der Waals surface area (Å²) in [6.07, 6.45) is 0. The van der Waals surface area contributed by atoms with Gasteiger partial charge in [-0.15, -0.1) is 12.4 Å². The number of benzene rings is 1. The first-order chi connectivity index (χ1) is 5.29. The molecule has 1 atom stereocenters. The van der Waals surface area contributed by atoms with Crippen molar-refractivity contribution >= 4 is 28.3 Å². The molecule has 0 bridgehead atoms. The monoisotopic (exact) mass is 249 g/mol. The predicted molar refractivity (Wildman–Crippen MR) is 53.8 cm³/mol. The first-order valence-electron chi connectivity index (χ1n) is 3.46. The maximum atomic E-state index is 5.77. The largest absolute Gasteiger partial charge is 0.490 e. The second kappa shape index (κ2) is 3.64. The Morgan fingerprint density at radius 1 is 1.50 bits per heavy atom. The molecule has 1 heterocycles. The normalized spacial score (nSPS) is 19.3. The van der Waals surface area contributed by atoms with Crippen molar-refractivity contribution in [1.29, 1.82) is 0 Å². The van der Waals surface area contributed by atoms with Crippen molar-refractivity contribution < 1.29 is 4.74 Å². The maximum Gasteiger partial charge on any atom is 0.138 e. The number of fused-ring (bicyclic) bond motifs is 1. The van der Waals surface area contributed by atoms with Crippen molar-refractivity contribution in [2.24, 2.45) is 5.73 Å². The van der Waals surface area contributed by atoms with Crippen LogP contribution in [-0.2, 0) is 0 Å². The lowest BCUT2D eigenvalue weighted by Crippen LogP contribution is -2.10. The molecule has 12 heavy (non-hydrogen) atoms. The molecule has 0 spiro atoms. The highest BCUT2D eigenvalue weighted by Crippen LogP contribution is 2.36. The van der Waals surface area contributed by atoms with Gasteiger partial charge >= 0.3 is 0 Å². The summed E-state index contributed by atoms with van der Waals surface area (Å²) in [7, 11) is 0. The minimum absolute atomic E-state index is 0. The van der Waals surface area contributed by atoms with Crippen molar-refractivity contribution in [3.05, 3.63) is 28.2 Å². The van der Waals surface area contributed by atoms with Crippen molar-refractivity contribution in [3.63, 3.8) is 0 Å². The van der Waals surface area contributed by atoms with Gasteiger partial charge < -0.3 is 10.5 Å². The summed E-state index contributed by atoms with van der Waals surface area (Å²) in [5.41, 5.74) is 6.87. The van der Waals surface area contributed by atoms with Gasteiger partial charge in [-0.3, -0.25) is 0 Å². The van der Waals surface area contributed by atoms with Crippen molar-refractivity contribution in [2.45, 2.75) is 6.04 Å². The fourth-order valence-electron chi connectivity index (χ4n) is 1.23. The maximum absolute atomic E-state index is 5.77. The van der Waals surface area contributed by atoms with Crippen LogP contribution in [-0.4, -0.2) is 6.61 Å². The number of rotatable bonds is 0. The molecular weight excluding hydrogens is 241 g/mol. The molecule has 0 amide bonds. The smallest absolute Gasteiger partial charge is 0.138 e. The zero-order valence-corrected chi connectivity index (χ0v) is 8.69. The first kappa shape index (κ1) is 9.84. The minimum atomic E-state index is 0. The lowest BCUT2D eigenvalue weighted by Gasteiger charge is -2.00. The summed E-state index contributed by atoms with van der Waals surface area (Å²) in [4.78, 5) is 0. The van der Waals surface area contributed by atoms with Crippen molar-refractivity contribution in [3.8, 4) is 5.75 Å². The summed E-state index contributed by atoms with van der Waals surface area (Å²) < 4.78 is 6.36. The van der Waals surface area contributed by atoms with Crippen LogP contribution in [0.25, 0.3) is 0 Å². The third-order valence-corrected chi connectivity index (χ3v) is 2.43. The molecule has 1 aromatic carbocycles. The Morgan fingerprint density at radius 3 is 2.92 bits per heavy atom. The molecule has 0 saturated carbocycles. The zero-order chi connectivity index (χ0) is 7.84. The van der Waals surface area contributed by atoms with E-state index in [1.54, 1.807) is 0 Å². The summed E-state index contributed by atoms with van der Waals surface area (Å²) >= 11 is 3.39. The zero-order valence-electron chi connectivity index (χ0n) is 6.29. The van der Waals surface area contributed by atoms with Gasteiger partial charge in [0.2, 0.25) is 0 Å². The molecule has 0 aromatic heterocycles. The van der Waals surface area contributed by atoms with Gasteiger partial charge in [0.15, 0.2) is 0 Å². The van der Waals surface area contributed by atoms with Gasteiger partial charge in [-0.05, 0) is 22.0 Å². The Labute approximate surface area is 85.6 Å². The van der Waals surface area contributed by atoms with Gasteiger partial charge in [-0.25, -0.2) is 0 Å². The number of nitrogens with two attached hydrogens (primary N) is 1. The summed E-state index contributed by atoms with van der Waals surface area (Å²) in [6, 6.07) is 5.97. The van der Waals surface area contributed by atoms with Gasteiger partial charge in [0.1, 0.15) is 12.4 Å². The molecule has 2 N–H and O–H groups in total. The highest BCUT2D eigenvalue weighted by molar-refractivity contribution is 9.10. The highest BCUT2D eigenvalue weighted by atomic mass is 79.9. The highest BCUT2D eigenvalue weighted by Gasteiger charge is 2.21. The van der Waals surface area contributed by atoms with Crippen molar-refractivity contribution in [1.82, 2.24) is 0 Å². The summed E-state index contributed by atoms with van der Waals surface area (Å²) in [5, 5.41) is 0. The molecule has 2 rings (SSSR count). The van der Waals surface area contributed by atoms with Gasteiger partial charge in [0, 0.05) is 5.56 Å².